The van der Waals surface area contributed by atoms with E-state index in [4.69, 9.17) is 0 Å². The van der Waals surface area contributed by atoms with Crippen LogP contribution in [0.5, 0.6) is 0 Å². The molecule has 0 saturated carbocycles. The number of benzene rings is 1. The van der Waals surface area contributed by atoms with E-state index in [1.807, 2.05) is 36.7 Å². The quantitative estimate of drug-likeness (QED) is 0.494. The number of hydrogen-bond acceptors (Lipinski definition) is 6. The second-order valence-electron chi connectivity index (χ2n) is 7.36. The molecule has 0 aliphatic rings. The van der Waals surface area contributed by atoms with Gasteiger partial charge in [0.2, 0.25) is 5.95 Å². The highest BCUT2D eigenvalue weighted by Gasteiger charge is 2.07. The van der Waals surface area contributed by atoms with Gasteiger partial charge in [-0.2, -0.15) is 0 Å². The van der Waals surface area contributed by atoms with E-state index in [1.165, 1.54) is 0 Å². The maximum Gasteiger partial charge on any atom is 0.253 e. The fraction of sp³-hybridized carbons (Fsp3) is 0.227. The number of nitrogens with one attached hydrogen (secondary N) is 2. The monoisotopic (exact) mass is 401 g/mol. The van der Waals surface area contributed by atoms with Crippen LogP contribution in [0, 0.1) is 0 Å². The predicted octanol–water partition coefficient (Wildman–Crippen LogP) is 3.18. The number of nitrogens with zero attached hydrogens (tertiary/aromatic N) is 5. The minimum Gasteiger partial charge on any atom is -0.350 e. The van der Waals surface area contributed by atoms with E-state index in [0.29, 0.717) is 36.2 Å². The van der Waals surface area contributed by atoms with E-state index >= 15 is 0 Å². The van der Waals surface area contributed by atoms with Gasteiger partial charge >= 0.3 is 0 Å². The number of carbonyl (C=O) groups excluding carboxylic acids is 1. The van der Waals surface area contributed by atoms with Crippen molar-refractivity contribution in [3.05, 3.63) is 83.6 Å². The number of pyridine rings is 1. The molecule has 4 aromatic rings. The van der Waals surface area contributed by atoms with Crippen molar-refractivity contribution in [3.8, 4) is 0 Å². The molecule has 0 spiro atoms. The van der Waals surface area contributed by atoms with Crippen LogP contribution in [0.3, 0.4) is 0 Å². The number of rotatable bonds is 7. The van der Waals surface area contributed by atoms with Crippen molar-refractivity contribution in [1.29, 1.82) is 0 Å². The first-order valence-electron chi connectivity index (χ1n) is 9.80. The summed E-state index contributed by atoms with van der Waals surface area (Å²) in [6, 6.07) is 11.6. The Bertz CT molecular complexity index is 1130. The van der Waals surface area contributed by atoms with Gasteiger partial charge in [-0.05, 0) is 34.7 Å². The summed E-state index contributed by atoms with van der Waals surface area (Å²) in [5.41, 5.74) is 4.52. The number of carbonyl (C=O) groups is 1. The standard InChI is InChI=1S/C22H23N7O/c1-15(2)19-11-25-22(26-12-19)24-10-17-5-3-16(4-6-17)9-23-21(30)18-7-8-20-28-27-14-29(20)13-18/h3-8,11-15H,9-10H2,1-2H3,(H,23,30)(H,24,25,26). The second kappa shape index (κ2) is 8.69. The second-order valence-corrected chi connectivity index (χ2v) is 7.36. The molecule has 0 saturated heterocycles. The summed E-state index contributed by atoms with van der Waals surface area (Å²) in [6.07, 6.45) is 7.00. The van der Waals surface area contributed by atoms with Gasteiger partial charge in [0.15, 0.2) is 5.65 Å². The normalized spacial score (nSPS) is 11.0. The maximum absolute atomic E-state index is 12.4. The molecule has 0 fully saturated rings. The third-order valence-electron chi connectivity index (χ3n) is 4.82. The summed E-state index contributed by atoms with van der Waals surface area (Å²) in [5, 5.41) is 13.9. The number of aromatic nitrogens is 5. The molecule has 0 aliphatic heterocycles. The van der Waals surface area contributed by atoms with Crippen molar-refractivity contribution < 1.29 is 4.79 Å². The molecule has 1 aromatic carbocycles. The molecule has 3 heterocycles. The van der Waals surface area contributed by atoms with Gasteiger partial charge < -0.3 is 10.6 Å². The fourth-order valence-electron chi connectivity index (χ4n) is 2.93. The minimum atomic E-state index is -0.140. The van der Waals surface area contributed by atoms with Gasteiger partial charge in [-0.3, -0.25) is 9.20 Å². The highest BCUT2D eigenvalue weighted by molar-refractivity contribution is 5.94. The number of hydrogen-bond donors (Lipinski definition) is 2. The molecule has 3 aromatic heterocycles. The Morgan fingerprint density at radius 1 is 1.00 bits per heavy atom. The molecule has 4 rings (SSSR count). The van der Waals surface area contributed by atoms with Crippen molar-refractivity contribution in [2.24, 2.45) is 0 Å². The molecule has 8 heteroatoms. The van der Waals surface area contributed by atoms with Gasteiger partial charge in [0, 0.05) is 31.7 Å². The Labute approximate surface area is 174 Å². The maximum atomic E-state index is 12.4. The van der Waals surface area contributed by atoms with Crippen LogP contribution in [0.2, 0.25) is 0 Å². The Morgan fingerprint density at radius 2 is 1.70 bits per heavy atom. The molecule has 8 nitrogen and oxygen atoms in total. The Kier molecular flexibility index (Phi) is 5.65. The molecule has 0 aliphatic carbocycles. The molecule has 1 amide bonds. The van der Waals surface area contributed by atoms with Crippen LogP contribution in [0.15, 0.2) is 61.3 Å². The van der Waals surface area contributed by atoms with Gasteiger partial charge in [0.25, 0.3) is 5.91 Å². The largest absolute Gasteiger partial charge is 0.350 e. The lowest BCUT2D eigenvalue weighted by Crippen LogP contribution is -2.23. The van der Waals surface area contributed by atoms with E-state index < -0.39 is 0 Å². The van der Waals surface area contributed by atoms with Gasteiger partial charge in [-0.25, -0.2) is 9.97 Å². The van der Waals surface area contributed by atoms with Gasteiger partial charge in [-0.1, -0.05) is 38.1 Å². The first kappa shape index (κ1) is 19.5. The van der Waals surface area contributed by atoms with Crippen LogP contribution in [0.4, 0.5) is 5.95 Å². The molecule has 2 N–H and O–H groups in total. The number of anilines is 1. The third-order valence-corrected chi connectivity index (χ3v) is 4.82. The molecule has 0 atom stereocenters. The topological polar surface area (TPSA) is 97.1 Å². The van der Waals surface area contributed by atoms with Crippen LogP contribution in [0.25, 0.3) is 5.65 Å². The minimum absolute atomic E-state index is 0.140. The molecule has 152 valence electrons. The summed E-state index contributed by atoms with van der Waals surface area (Å²) < 4.78 is 1.72. The van der Waals surface area contributed by atoms with Crippen molar-refractivity contribution in [1.82, 2.24) is 29.9 Å². The van der Waals surface area contributed by atoms with E-state index in [-0.39, 0.29) is 5.91 Å². The first-order chi connectivity index (χ1) is 14.6. The average molecular weight is 401 g/mol. The zero-order valence-corrected chi connectivity index (χ0v) is 16.9. The molecular formula is C22H23N7O. The summed E-state index contributed by atoms with van der Waals surface area (Å²) >= 11 is 0. The van der Waals surface area contributed by atoms with Gasteiger partial charge in [0.05, 0.1) is 5.56 Å². The number of amides is 1. The molecule has 30 heavy (non-hydrogen) atoms. The summed E-state index contributed by atoms with van der Waals surface area (Å²) in [7, 11) is 0. The van der Waals surface area contributed by atoms with E-state index in [9.17, 15) is 4.79 Å². The SMILES string of the molecule is CC(C)c1cnc(NCc2ccc(CNC(=O)c3ccc4nncn4c3)cc2)nc1. The van der Waals surface area contributed by atoms with Gasteiger partial charge in [0.1, 0.15) is 6.33 Å². The van der Waals surface area contributed by atoms with Crippen LogP contribution < -0.4 is 10.6 Å². The lowest BCUT2D eigenvalue weighted by Gasteiger charge is -2.09. The molecular weight excluding hydrogens is 378 g/mol. The molecule has 0 unspecified atom stereocenters. The van der Waals surface area contributed by atoms with Gasteiger partial charge in [-0.15, -0.1) is 10.2 Å². The third kappa shape index (κ3) is 4.60. The Morgan fingerprint density at radius 3 is 2.40 bits per heavy atom. The van der Waals surface area contributed by atoms with Crippen molar-refractivity contribution >= 4 is 17.5 Å². The fourth-order valence-corrected chi connectivity index (χ4v) is 2.93. The average Bonchev–Trinajstić information content (AvgIpc) is 3.25. The lowest BCUT2D eigenvalue weighted by atomic mass is 10.1. The highest BCUT2D eigenvalue weighted by atomic mass is 16.1. The van der Waals surface area contributed by atoms with Crippen molar-refractivity contribution in [2.45, 2.75) is 32.9 Å². The van der Waals surface area contributed by atoms with Crippen molar-refractivity contribution in [2.75, 3.05) is 5.32 Å². The first-order valence-corrected chi connectivity index (χ1v) is 9.80. The van der Waals surface area contributed by atoms with Crippen LogP contribution in [-0.4, -0.2) is 30.5 Å². The van der Waals surface area contributed by atoms with Crippen LogP contribution in [-0.2, 0) is 13.1 Å². The van der Waals surface area contributed by atoms with E-state index in [1.54, 1.807) is 29.1 Å². The zero-order chi connectivity index (χ0) is 20.9. The van der Waals surface area contributed by atoms with Crippen molar-refractivity contribution in [3.63, 3.8) is 0 Å². The summed E-state index contributed by atoms with van der Waals surface area (Å²) in [6.45, 7) is 5.32. The zero-order valence-electron chi connectivity index (χ0n) is 16.9. The molecule has 0 bridgehead atoms. The van der Waals surface area contributed by atoms with Crippen LogP contribution in [0.1, 0.15) is 46.8 Å². The van der Waals surface area contributed by atoms with E-state index in [2.05, 4.69) is 44.6 Å². The summed E-state index contributed by atoms with van der Waals surface area (Å²) in [4.78, 5) is 21.1. The Hall–Kier alpha value is -3.81. The predicted molar refractivity (Wildman–Crippen MR) is 114 cm³/mol. The molecule has 0 radical (unpaired) electrons. The number of fused-ring (bicyclic) bond motifs is 1. The Balaban J connectivity index is 1.29. The lowest BCUT2D eigenvalue weighted by molar-refractivity contribution is 0.0950. The highest BCUT2D eigenvalue weighted by Crippen LogP contribution is 2.13. The smallest absolute Gasteiger partial charge is 0.253 e. The van der Waals surface area contributed by atoms with E-state index in [0.717, 1.165) is 16.7 Å². The van der Waals surface area contributed by atoms with Crippen LogP contribution >= 0.6 is 0 Å². The summed E-state index contributed by atoms with van der Waals surface area (Å²) in [5.74, 6) is 0.886.